The second-order valence-corrected chi connectivity index (χ2v) is 7.30. The molecule has 0 N–H and O–H groups in total. The molecule has 1 heteroatoms. The Morgan fingerprint density at radius 2 is 1.71 bits per heavy atom. The molecule has 0 unspecified atom stereocenters. The van der Waals surface area contributed by atoms with Crippen molar-refractivity contribution in [2.24, 2.45) is 0 Å². The van der Waals surface area contributed by atoms with Crippen molar-refractivity contribution in [1.29, 1.82) is 0 Å². The smallest absolute Gasteiger partial charge is 0.0881 e. The maximum Gasteiger partial charge on any atom is 0.0881 e. The molecule has 0 saturated carbocycles. The van der Waals surface area contributed by atoms with Crippen LogP contribution in [-0.4, -0.2) is 8.07 Å². The quantitative estimate of drug-likeness (QED) is 0.358. The Kier molecular flexibility index (Phi) is 2.07. The molecule has 0 nitrogen and oxygen atoms in total. The van der Waals surface area contributed by atoms with Crippen LogP contribution in [0.3, 0.4) is 0 Å². The third kappa shape index (κ3) is 5.74. The van der Waals surface area contributed by atoms with E-state index in [0.29, 0.717) is 0 Å². The first-order chi connectivity index (χ1) is 3.06. The van der Waals surface area contributed by atoms with Gasteiger partial charge in [0.1, 0.15) is 0 Å². The van der Waals surface area contributed by atoms with Gasteiger partial charge in [-0.25, -0.2) is 0 Å². The third-order valence-corrected chi connectivity index (χ3v) is 1.39. The van der Waals surface area contributed by atoms with Gasteiger partial charge < -0.3 is 0 Å². The SMILES string of the molecule is C=C=[C][Si](C)(C)C. The van der Waals surface area contributed by atoms with Crippen LogP contribution in [0.25, 0.3) is 0 Å². The summed E-state index contributed by atoms with van der Waals surface area (Å²) in [7, 11) is -1.08. The van der Waals surface area contributed by atoms with Gasteiger partial charge in [0, 0.05) is 0 Å². The van der Waals surface area contributed by atoms with E-state index in [0.717, 1.165) is 0 Å². The molecule has 0 saturated heterocycles. The summed E-state index contributed by atoms with van der Waals surface area (Å²) in [5.41, 5.74) is 5.73. The lowest BCUT2D eigenvalue weighted by molar-refractivity contribution is 1.74. The molecule has 0 rings (SSSR count). The Bertz CT molecular complexity index is 91.2. The van der Waals surface area contributed by atoms with E-state index < -0.39 is 8.07 Å². The van der Waals surface area contributed by atoms with Gasteiger partial charge >= 0.3 is 0 Å². The van der Waals surface area contributed by atoms with E-state index in [2.05, 4.69) is 37.7 Å². The summed E-state index contributed by atoms with van der Waals surface area (Å²) in [6.45, 7) is 10.0. The van der Waals surface area contributed by atoms with Crippen molar-refractivity contribution in [2.75, 3.05) is 0 Å². The van der Waals surface area contributed by atoms with E-state index in [4.69, 9.17) is 0 Å². The summed E-state index contributed by atoms with van der Waals surface area (Å²) < 4.78 is 0. The van der Waals surface area contributed by atoms with Crippen molar-refractivity contribution in [1.82, 2.24) is 0 Å². The molecule has 0 aliphatic rings. The van der Waals surface area contributed by atoms with Crippen LogP contribution >= 0.6 is 0 Å². The van der Waals surface area contributed by atoms with Gasteiger partial charge in [0.2, 0.25) is 0 Å². The molecule has 7 heavy (non-hydrogen) atoms. The number of hydrogen-bond acceptors (Lipinski definition) is 0. The molecule has 0 heterocycles. The molecular weight excluding hydrogens is 100 g/mol. The van der Waals surface area contributed by atoms with Crippen molar-refractivity contribution in [3.63, 3.8) is 0 Å². The summed E-state index contributed by atoms with van der Waals surface area (Å²) in [5, 5.41) is 0. The Balaban J connectivity index is 3.80. The largest absolute Gasteiger partial charge is 0.129 e. The summed E-state index contributed by atoms with van der Waals surface area (Å²) in [5.74, 6) is 0. The monoisotopic (exact) mass is 111 g/mol. The number of rotatable bonds is 1. The molecule has 0 aromatic rings. The van der Waals surface area contributed by atoms with Crippen molar-refractivity contribution >= 4 is 8.07 Å². The van der Waals surface area contributed by atoms with Gasteiger partial charge in [-0.15, -0.1) is 5.73 Å². The molecule has 0 aromatic carbocycles. The third-order valence-electron chi connectivity index (χ3n) is 0.463. The first kappa shape index (κ1) is 6.74. The van der Waals surface area contributed by atoms with Crippen molar-refractivity contribution in [2.45, 2.75) is 19.6 Å². The Morgan fingerprint density at radius 1 is 1.29 bits per heavy atom. The van der Waals surface area contributed by atoms with Crippen molar-refractivity contribution in [3.8, 4) is 0 Å². The average molecular weight is 111 g/mol. The van der Waals surface area contributed by atoms with E-state index in [9.17, 15) is 0 Å². The topological polar surface area (TPSA) is 0 Å². The van der Waals surface area contributed by atoms with Crippen LogP contribution in [0.15, 0.2) is 12.3 Å². The standard InChI is InChI=1S/C6H11Si/c1-5-6-7(2,3)4/h1H2,2-4H3. The van der Waals surface area contributed by atoms with E-state index in [-0.39, 0.29) is 0 Å². The van der Waals surface area contributed by atoms with Gasteiger partial charge in [-0.05, 0) is 5.70 Å². The lowest BCUT2D eigenvalue weighted by Gasteiger charge is -2.03. The van der Waals surface area contributed by atoms with E-state index >= 15 is 0 Å². The second-order valence-electron chi connectivity index (χ2n) is 2.55. The summed E-state index contributed by atoms with van der Waals surface area (Å²) in [6, 6.07) is 0. The summed E-state index contributed by atoms with van der Waals surface area (Å²) in [6.07, 6.45) is 0. The van der Waals surface area contributed by atoms with Crippen LogP contribution < -0.4 is 0 Å². The van der Waals surface area contributed by atoms with Gasteiger partial charge in [-0.2, -0.15) is 0 Å². The maximum absolute atomic E-state index is 3.44. The average Bonchev–Trinajstić information content (AvgIpc) is 1.30. The fourth-order valence-electron chi connectivity index (χ4n) is 0.265. The minimum atomic E-state index is -1.08. The molecular formula is C6H11Si. The number of hydrogen-bond donors (Lipinski definition) is 0. The maximum atomic E-state index is 3.44. The molecule has 0 aliphatic carbocycles. The van der Waals surface area contributed by atoms with Crippen LogP contribution in [-0.2, 0) is 0 Å². The second kappa shape index (κ2) is 2.15. The molecule has 0 fully saturated rings. The van der Waals surface area contributed by atoms with Gasteiger partial charge in [-0.1, -0.05) is 26.2 Å². The Morgan fingerprint density at radius 3 is 1.71 bits per heavy atom. The normalized spacial score (nSPS) is 10.1. The Hall–Kier alpha value is -0.263. The molecule has 1 radical (unpaired) electrons. The predicted molar refractivity (Wildman–Crippen MR) is 35.7 cm³/mol. The van der Waals surface area contributed by atoms with Gasteiger partial charge in [0.05, 0.1) is 8.07 Å². The lowest BCUT2D eigenvalue weighted by atomic mass is 11.0. The molecule has 0 spiro atoms. The van der Waals surface area contributed by atoms with E-state index in [1.165, 1.54) is 0 Å². The highest BCUT2D eigenvalue weighted by Gasteiger charge is 2.06. The van der Waals surface area contributed by atoms with E-state index in [1.54, 1.807) is 0 Å². The minimum absolute atomic E-state index is 1.08. The van der Waals surface area contributed by atoms with Gasteiger partial charge in [0.15, 0.2) is 0 Å². The first-order valence-electron chi connectivity index (χ1n) is 2.35. The van der Waals surface area contributed by atoms with Crippen molar-refractivity contribution in [3.05, 3.63) is 18.0 Å². The molecule has 0 bridgehead atoms. The fourth-order valence-corrected chi connectivity index (χ4v) is 0.795. The van der Waals surface area contributed by atoms with Gasteiger partial charge in [-0.3, -0.25) is 0 Å². The van der Waals surface area contributed by atoms with Crippen LogP contribution in [0.2, 0.25) is 19.6 Å². The molecule has 39 valence electrons. The fraction of sp³-hybridized carbons (Fsp3) is 0.500. The molecule has 0 aliphatic heterocycles. The van der Waals surface area contributed by atoms with Crippen LogP contribution in [0, 0.1) is 5.70 Å². The minimum Gasteiger partial charge on any atom is -0.129 e. The van der Waals surface area contributed by atoms with Gasteiger partial charge in [0.25, 0.3) is 0 Å². The van der Waals surface area contributed by atoms with Crippen LogP contribution in [0.1, 0.15) is 0 Å². The highest BCUT2D eigenvalue weighted by Crippen LogP contribution is 1.97. The zero-order valence-corrected chi connectivity index (χ0v) is 6.21. The highest BCUT2D eigenvalue weighted by molar-refractivity contribution is 6.78. The Labute approximate surface area is 46.6 Å². The zero-order valence-electron chi connectivity index (χ0n) is 5.21. The predicted octanol–water partition coefficient (Wildman–Crippen LogP) is 2.01. The van der Waals surface area contributed by atoms with Crippen LogP contribution in [0.5, 0.6) is 0 Å². The van der Waals surface area contributed by atoms with Crippen molar-refractivity contribution < 1.29 is 0 Å². The highest BCUT2D eigenvalue weighted by atomic mass is 28.3. The molecule has 0 atom stereocenters. The van der Waals surface area contributed by atoms with E-state index in [1.807, 2.05) is 0 Å². The zero-order chi connectivity index (χ0) is 5.91. The van der Waals surface area contributed by atoms with Crippen LogP contribution in [0.4, 0.5) is 0 Å². The molecule has 0 amide bonds. The lowest BCUT2D eigenvalue weighted by Crippen LogP contribution is -2.15. The summed E-state index contributed by atoms with van der Waals surface area (Å²) in [4.78, 5) is 0. The first-order valence-corrected chi connectivity index (χ1v) is 5.85. The molecule has 0 aromatic heterocycles. The summed E-state index contributed by atoms with van der Waals surface area (Å²) >= 11 is 0.